The zero-order valence-corrected chi connectivity index (χ0v) is 22.1. The fraction of sp³-hybridized carbons (Fsp3) is 0.200. The molecule has 200 valence electrons. The predicted octanol–water partition coefficient (Wildman–Crippen LogP) is 6.09. The van der Waals surface area contributed by atoms with Gasteiger partial charge >= 0.3 is 6.09 Å². The Kier molecular flexibility index (Phi) is 7.90. The molecular formula is C30H29FN4O4. The summed E-state index contributed by atoms with van der Waals surface area (Å²) in [6, 6.07) is 18.4. The highest BCUT2D eigenvalue weighted by Gasteiger charge is 2.23. The number of Topliss-reactive ketones (excluding diaryl/α,β-unsaturated/α-hetero) is 1. The highest BCUT2D eigenvalue weighted by Crippen LogP contribution is 2.35. The number of anilines is 1. The van der Waals surface area contributed by atoms with E-state index in [4.69, 9.17) is 4.74 Å². The second-order valence-corrected chi connectivity index (χ2v) is 9.97. The van der Waals surface area contributed by atoms with Crippen LogP contribution in [-0.4, -0.2) is 32.9 Å². The normalized spacial score (nSPS) is 11.1. The number of hydrogen-bond acceptors (Lipinski definition) is 5. The van der Waals surface area contributed by atoms with Crippen LogP contribution in [0.2, 0.25) is 0 Å². The Morgan fingerprint density at radius 1 is 1.00 bits per heavy atom. The molecule has 0 radical (unpaired) electrons. The minimum atomic E-state index is -0.812. The molecule has 4 rings (SSSR count). The number of aromatic nitrogens is 2. The number of benzene rings is 3. The zero-order chi connectivity index (χ0) is 28.2. The first-order valence-corrected chi connectivity index (χ1v) is 12.3. The molecule has 0 saturated heterocycles. The van der Waals surface area contributed by atoms with E-state index < -0.39 is 35.6 Å². The molecule has 3 aromatic carbocycles. The number of imidazole rings is 1. The van der Waals surface area contributed by atoms with E-state index in [1.807, 2.05) is 17.6 Å². The van der Waals surface area contributed by atoms with Gasteiger partial charge in [-0.3, -0.25) is 9.59 Å². The Morgan fingerprint density at radius 3 is 2.41 bits per heavy atom. The van der Waals surface area contributed by atoms with Crippen LogP contribution in [0.4, 0.5) is 14.9 Å². The molecule has 0 spiro atoms. The number of ether oxygens (including phenoxy) is 1. The lowest BCUT2D eigenvalue weighted by atomic mass is 10.0. The molecule has 0 saturated carbocycles. The molecule has 39 heavy (non-hydrogen) atoms. The van der Waals surface area contributed by atoms with Crippen LogP contribution in [0.15, 0.2) is 79.1 Å². The summed E-state index contributed by atoms with van der Waals surface area (Å²) in [6.07, 6.45) is 2.06. The summed E-state index contributed by atoms with van der Waals surface area (Å²) in [7, 11) is 0. The monoisotopic (exact) mass is 528 g/mol. The van der Waals surface area contributed by atoms with Gasteiger partial charge in [0.05, 0.1) is 6.42 Å². The molecule has 1 aromatic heterocycles. The maximum atomic E-state index is 15.8. The number of hydrogen-bond donors (Lipinski definition) is 2. The topological polar surface area (TPSA) is 102 Å². The van der Waals surface area contributed by atoms with E-state index in [1.54, 1.807) is 81.7 Å². The van der Waals surface area contributed by atoms with Crippen molar-refractivity contribution in [2.24, 2.45) is 0 Å². The third-order valence-corrected chi connectivity index (χ3v) is 5.73. The van der Waals surface area contributed by atoms with E-state index >= 15 is 4.39 Å². The highest BCUT2D eigenvalue weighted by molar-refractivity contribution is 6.11. The largest absolute Gasteiger partial charge is 0.413 e. The van der Waals surface area contributed by atoms with Crippen molar-refractivity contribution in [3.8, 4) is 22.6 Å². The summed E-state index contributed by atoms with van der Waals surface area (Å²) in [4.78, 5) is 42.5. The molecule has 0 bridgehead atoms. The average Bonchev–Trinajstić information content (AvgIpc) is 3.31. The molecule has 8 nitrogen and oxygen atoms in total. The minimum Gasteiger partial charge on any atom is -0.408 e. The molecule has 2 amide bonds. The summed E-state index contributed by atoms with van der Waals surface area (Å²) in [5, 5.41) is 5.09. The van der Waals surface area contributed by atoms with Crippen molar-refractivity contribution in [1.29, 1.82) is 0 Å². The molecule has 0 aliphatic heterocycles. The van der Waals surface area contributed by atoms with Gasteiger partial charge in [-0.05, 0) is 57.5 Å². The number of amides is 2. The minimum absolute atomic E-state index is 0.188. The van der Waals surface area contributed by atoms with Gasteiger partial charge in [-0.15, -0.1) is 0 Å². The van der Waals surface area contributed by atoms with Crippen LogP contribution in [0, 0.1) is 12.7 Å². The SMILES string of the molecule is Cc1nccn1-c1cccc(C(=O)CC(=O)Nc2c(OC(=O)NC(C)(C)C)ccc(-c3ccccc3)c2F)c1. The van der Waals surface area contributed by atoms with Crippen molar-refractivity contribution in [2.45, 2.75) is 39.7 Å². The van der Waals surface area contributed by atoms with Crippen molar-refractivity contribution in [3.05, 3.63) is 96.3 Å². The van der Waals surface area contributed by atoms with E-state index in [0.29, 0.717) is 11.1 Å². The first-order valence-electron chi connectivity index (χ1n) is 12.3. The molecule has 4 aromatic rings. The Balaban J connectivity index is 1.59. The first kappa shape index (κ1) is 27.3. The number of nitrogens with zero attached hydrogens (tertiary/aromatic N) is 2. The van der Waals surface area contributed by atoms with Crippen LogP contribution in [0.3, 0.4) is 0 Å². The average molecular weight is 529 g/mol. The summed E-state index contributed by atoms with van der Waals surface area (Å²) < 4.78 is 22.9. The quantitative estimate of drug-likeness (QED) is 0.223. The summed E-state index contributed by atoms with van der Waals surface area (Å²) in [6.45, 7) is 7.14. The molecule has 0 aliphatic carbocycles. The molecule has 0 aliphatic rings. The van der Waals surface area contributed by atoms with Gasteiger partial charge in [0, 0.05) is 34.7 Å². The Hall–Kier alpha value is -4.79. The second-order valence-electron chi connectivity index (χ2n) is 9.97. The molecule has 1 heterocycles. The van der Waals surface area contributed by atoms with Crippen molar-refractivity contribution in [3.63, 3.8) is 0 Å². The number of halogens is 1. The van der Waals surface area contributed by atoms with E-state index in [2.05, 4.69) is 15.6 Å². The van der Waals surface area contributed by atoms with Gasteiger partial charge in [-0.25, -0.2) is 14.2 Å². The standard InChI is InChI=1S/C30H29FN4O4/c1-19-32-15-16-35(19)22-12-8-11-21(17-22)24(36)18-26(37)33-28-25(39-29(38)34-30(2,3)4)14-13-23(27(28)31)20-9-6-5-7-10-20/h5-17H,18H2,1-4H3,(H,33,37)(H,34,38). The van der Waals surface area contributed by atoms with Crippen LogP contribution in [0.25, 0.3) is 16.8 Å². The second kappa shape index (κ2) is 11.3. The van der Waals surface area contributed by atoms with Crippen molar-refractivity contribution in [2.75, 3.05) is 5.32 Å². The Labute approximate surface area is 225 Å². The molecule has 9 heteroatoms. The van der Waals surface area contributed by atoms with Crippen LogP contribution in [0.1, 0.15) is 43.4 Å². The molecule has 0 fully saturated rings. The Morgan fingerprint density at radius 2 is 1.74 bits per heavy atom. The van der Waals surface area contributed by atoms with Gasteiger partial charge in [0.25, 0.3) is 0 Å². The van der Waals surface area contributed by atoms with Crippen LogP contribution in [-0.2, 0) is 4.79 Å². The summed E-state index contributed by atoms with van der Waals surface area (Å²) in [5.74, 6) is -1.45. The fourth-order valence-electron chi connectivity index (χ4n) is 3.94. The van der Waals surface area contributed by atoms with Crippen molar-refractivity contribution >= 4 is 23.5 Å². The van der Waals surface area contributed by atoms with Crippen molar-refractivity contribution in [1.82, 2.24) is 14.9 Å². The number of nitrogens with one attached hydrogen (secondary N) is 2. The number of aryl methyl sites for hydroxylation is 1. The van der Waals surface area contributed by atoms with Gasteiger partial charge in [-0.1, -0.05) is 42.5 Å². The van der Waals surface area contributed by atoms with Gasteiger partial charge in [0.15, 0.2) is 17.3 Å². The lowest BCUT2D eigenvalue weighted by Gasteiger charge is -2.21. The number of ketones is 1. The van der Waals surface area contributed by atoms with E-state index in [1.165, 1.54) is 12.1 Å². The number of rotatable bonds is 7. The molecule has 2 N–H and O–H groups in total. The molecule has 0 unspecified atom stereocenters. The molecular weight excluding hydrogens is 499 g/mol. The van der Waals surface area contributed by atoms with Crippen molar-refractivity contribution < 1.29 is 23.5 Å². The zero-order valence-electron chi connectivity index (χ0n) is 22.1. The third-order valence-electron chi connectivity index (χ3n) is 5.73. The van der Waals surface area contributed by atoms with Gasteiger partial charge < -0.3 is 19.9 Å². The van der Waals surface area contributed by atoms with E-state index in [0.717, 1.165) is 11.5 Å². The number of carbonyl (C=O) groups is 3. The lowest BCUT2D eigenvalue weighted by molar-refractivity contribution is -0.115. The smallest absolute Gasteiger partial charge is 0.408 e. The lowest BCUT2D eigenvalue weighted by Crippen LogP contribution is -2.42. The van der Waals surface area contributed by atoms with Gasteiger partial charge in [-0.2, -0.15) is 0 Å². The molecule has 0 atom stereocenters. The Bertz CT molecular complexity index is 1520. The number of carbonyl (C=O) groups excluding carboxylic acids is 3. The third kappa shape index (κ3) is 6.75. The fourth-order valence-corrected chi connectivity index (χ4v) is 3.94. The van der Waals surface area contributed by atoms with E-state index in [9.17, 15) is 14.4 Å². The van der Waals surface area contributed by atoms with Gasteiger partial charge in [0.2, 0.25) is 5.91 Å². The van der Waals surface area contributed by atoms with Crippen LogP contribution in [0.5, 0.6) is 5.75 Å². The maximum absolute atomic E-state index is 15.8. The van der Waals surface area contributed by atoms with E-state index in [-0.39, 0.29) is 17.0 Å². The summed E-state index contributed by atoms with van der Waals surface area (Å²) in [5.41, 5.74) is 0.872. The maximum Gasteiger partial charge on any atom is 0.413 e. The van der Waals surface area contributed by atoms with Crippen LogP contribution >= 0.6 is 0 Å². The summed E-state index contributed by atoms with van der Waals surface area (Å²) >= 11 is 0. The van der Waals surface area contributed by atoms with Gasteiger partial charge in [0.1, 0.15) is 11.5 Å². The predicted molar refractivity (Wildman–Crippen MR) is 147 cm³/mol. The van der Waals surface area contributed by atoms with Crippen LogP contribution < -0.4 is 15.4 Å². The first-order chi connectivity index (χ1) is 18.5. The highest BCUT2D eigenvalue weighted by atomic mass is 19.1.